The van der Waals surface area contributed by atoms with Crippen LogP contribution in [0.2, 0.25) is 0 Å². The molecule has 0 amide bonds. The average Bonchev–Trinajstić information content (AvgIpc) is 2.69. The Hall–Kier alpha value is -1.53. The number of aromatic nitrogens is 1. The molecule has 0 saturated carbocycles. The van der Waals surface area contributed by atoms with Crippen molar-refractivity contribution < 1.29 is 17.7 Å². The lowest BCUT2D eigenvalue weighted by Crippen LogP contribution is -1.97. The molecule has 0 saturated heterocycles. The van der Waals surface area contributed by atoms with Gasteiger partial charge in [0.15, 0.2) is 5.76 Å². The molecule has 0 unspecified atom stereocenters. The summed E-state index contributed by atoms with van der Waals surface area (Å²) in [7, 11) is 3.14. The molecule has 0 radical (unpaired) electrons. The Morgan fingerprint density at radius 3 is 2.47 bits per heavy atom. The van der Waals surface area contributed by atoms with Gasteiger partial charge < -0.3 is 9.26 Å². The Morgan fingerprint density at radius 1 is 1.32 bits per heavy atom. The second-order valence-corrected chi connectivity index (χ2v) is 6.77. The van der Waals surface area contributed by atoms with Crippen molar-refractivity contribution in [2.24, 2.45) is 0 Å². The Kier molecular flexibility index (Phi) is 3.82. The van der Waals surface area contributed by atoms with E-state index in [0.29, 0.717) is 17.0 Å². The summed E-state index contributed by atoms with van der Waals surface area (Å²) in [5.41, 5.74) is 1.78. The fourth-order valence-corrected chi connectivity index (χ4v) is 2.58. The minimum Gasteiger partial charge on any atom is -0.497 e. The Bertz CT molecular complexity index is 676. The number of hydrogen-bond donors (Lipinski definition) is 0. The van der Waals surface area contributed by atoms with Crippen molar-refractivity contribution in [3.05, 3.63) is 35.5 Å². The van der Waals surface area contributed by atoms with Crippen LogP contribution in [0, 0.1) is 6.92 Å². The summed E-state index contributed by atoms with van der Waals surface area (Å²) in [6.45, 7) is 1.74. The van der Waals surface area contributed by atoms with E-state index in [4.69, 9.17) is 19.9 Å². The van der Waals surface area contributed by atoms with E-state index in [1.807, 2.05) is 12.1 Å². The van der Waals surface area contributed by atoms with Crippen LogP contribution in [0.15, 0.2) is 28.8 Å². The van der Waals surface area contributed by atoms with Gasteiger partial charge in [-0.2, -0.15) is 0 Å². The van der Waals surface area contributed by atoms with Crippen LogP contribution in [-0.4, -0.2) is 20.7 Å². The van der Waals surface area contributed by atoms with Gasteiger partial charge in [0, 0.05) is 21.8 Å². The predicted octanol–water partition coefficient (Wildman–Crippen LogP) is 2.73. The lowest BCUT2D eigenvalue weighted by molar-refractivity contribution is 0.414. The molecule has 19 heavy (non-hydrogen) atoms. The first-order valence-corrected chi connectivity index (χ1v) is 7.90. The maximum atomic E-state index is 11.0. The molecule has 1 aromatic carbocycles. The van der Waals surface area contributed by atoms with Gasteiger partial charge in [-0.05, 0) is 31.2 Å². The number of benzene rings is 1. The van der Waals surface area contributed by atoms with E-state index in [2.05, 4.69) is 5.16 Å². The molecule has 0 bridgehead atoms. The second kappa shape index (κ2) is 5.22. The van der Waals surface area contributed by atoms with Gasteiger partial charge in [0.25, 0.3) is 0 Å². The van der Waals surface area contributed by atoms with Crippen LogP contribution in [0.1, 0.15) is 11.3 Å². The van der Waals surface area contributed by atoms with Crippen molar-refractivity contribution in [3.63, 3.8) is 0 Å². The van der Waals surface area contributed by atoms with Gasteiger partial charge in [-0.3, -0.25) is 0 Å². The van der Waals surface area contributed by atoms with Crippen molar-refractivity contribution >= 4 is 19.7 Å². The van der Waals surface area contributed by atoms with E-state index in [1.54, 1.807) is 26.2 Å². The molecule has 0 fully saturated rings. The largest absolute Gasteiger partial charge is 0.497 e. The molecule has 0 atom stereocenters. The SMILES string of the molecule is COc1ccc(-c2onc(CS(=O)(=O)Cl)c2C)cc1. The topological polar surface area (TPSA) is 69.4 Å². The highest BCUT2D eigenvalue weighted by Gasteiger charge is 2.18. The molecular formula is C12H12ClNO4S. The van der Waals surface area contributed by atoms with E-state index in [9.17, 15) is 8.42 Å². The fraction of sp³-hybridized carbons (Fsp3) is 0.250. The highest BCUT2D eigenvalue weighted by molar-refractivity contribution is 8.13. The molecule has 0 aliphatic heterocycles. The lowest BCUT2D eigenvalue weighted by atomic mass is 10.1. The molecule has 0 spiro atoms. The van der Waals surface area contributed by atoms with Crippen LogP contribution in [0.4, 0.5) is 0 Å². The van der Waals surface area contributed by atoms with Crippen LogP contribution < -0.4 is 4.74 Å². The van der Waals surface area contributed by atoms with E-state index in [0.717, 1.165) is 11.3 Å². The van der Waals surface area contributed by atoms with Crippen molar-refractivity contribution in [1.29, 1.82) is 0 Å². The van der Waals surface area contributed by atoms with E-state index in [-0.39, 0.29) is 5.75 Å². The summed E-state index contributed by atoms with van der Waals surface area (Å²) in [4.78, 5) is 0. The van der Waals surface area contributed by atoms with Gasteiger partial charge in [-0.1, -0.05) is 5.16 Å². The fourth-order valence-electron chi connectivity index (χ4n) is 1.68. The first-order valence-electron chi connectivity index (χ1n) is 5.42. The van der Waals surface area contributed by atoms with Crippen LogP contribution in [-0.2, 0) is 14.8 Å². The number of halogens is 1. The molecule has 2 aromatic rings. The Morgan fingerprint density at radius 2 is 1.95 bits per heavy atom. The number of ether oxygens (including phenoxy) is 1. The van der Waals surface area contributed by atoms with Crippen LogP contribution in [0.5, 0.6) is 5.75 Å². The molecule has 5 nitrogen and oxygen atoms in total. The maximum Gasteiger partial charge on any atom is 0.238 e. The van der Waals surface area contributed by atoms with Gasteiger partial charge >= 0.3 is 0 Å². The molecule has 2 rings (SSSR count). The summed E-state index contributed by atoms with van der Waals surface area (Å²) in [5.74, 6) is 0.905. The molecule has 0 aliphatic carbocycles. The van der Waals surface area contributed by atoms with Gasteiger partial charge in [-0.15, -0.1) is 0 Å². The summed E-state index contributed by atoms with van der Waals surface area (Å²) in [6, 6.07) is 7.20. The summed E-state index contributed by atoms with van der Waals surface area (Å²) >= 11 is 0. The quantitative estimate of drug-likeness (QED) is 0.812. The Labute approximate surface area is 115 Å². The third-order valence-corrected chi connectivity index (χ3v) is 3.63. The molecule has 1 aromatic heterocycles. The van der Waals surface area contributed by atoms with Crippen molar-refractivity contribution in [1.82, 2.24) is 5.16 Å². The van der Waals surface area contributed by atoms with E-state index >= 15 is 0 Å². The number of nitrogens with zero attached hydrogens (tertiary/aromatic N) is 1. The zero-order chi connectivity index (χ0) is 14.0. The molecule has 102 valence electrons. The van der Waals surface area contributed by atoms with Crippen LogP contribution in [0.3, 0.4) is 0 Å². The van der Waals surface area contributed by atoms with E-state index in [1.165, 1.54) is 0 Å². The molecule has 0 N–H and O–H groups in total. The zero-order valence-electron chi connectivity index (χ0n) is 10.4. The molecular weight excluding hydrogens is 290 g/mol. The predicted molar refractivity (Wildman–Crippen MR) is 71.7 cm³/mol. The van der Waals surface area contributed by atoms with Crippen molar-refractivity contribution in [2.45, 2.75) is 12.7 Å². The summed E-state index contributed by atoms with van der Waals surface area (Å²) in [6.07, 6.45) is 0. The highest BCUT2D eigenvalue weighted by Crippen LogP contribution is 2.28. The van der Waals surface area contributed by atoms with Gasteiger partial charge in [-0.25, -0.2) is 8.42 Å². The van der Waals surface area contributed by atoms with Gasteiger partial charge in [0.05, 0.1) is 7.11 Å². The van der Waals surface area contributed by atoms with Crippen molar-refractivity contribution in [3.8, 4) is 17.1 Å². The second-order valence-electron chi connectivity index (χ2n) is 4.00. The number of rotatable bonds is 4. The maximum absolute atomic E-state index is 11.0. The number of hydrogen-bond acceptors (Lipinski definition) is 5. The molecule has 1 heterocycles. The monoisotopic (exact) mass is 301 g/mol. The lowest BCUT2D eigenvalue weighted by Gasteiger charge is -2.01. The molecule has 0 aliphatic rings. The van der Waals surface area contributed by atoms with Crippen LogP contribution in [0.25, 0.3) is 11.3 Å². The normalized spacial score (nSPS) is 11.5. The minimum atomic E-state index is -3.65. The summed E-state index contributed by atoms with van der Waals surface area (Å²) < 4.78 is 32.3. The van der Waals surface area contributed by atoms with Gasteiger partial charge in [0.1, 0.15) is 17.2 Å². The van der Waals surface area contributed by atoms with E-state index < -0.39 is 9.05 Å². The van der Waals surface area contributed by atoms with Crippen molar-refractivity contribution in [2.75, 3.05) is 7.11 Å². The third kappa shape index (κ3) is 3.27. The first kappa shape index (κ1) is 13.9. The van der Waals surface area contributed by atoms with Crippen LogP contribution >= 0.6 is 10.7 Å². The smallest absolute Gasteiger partial charge is 0.238 e. The zero-order valence-corrected chi connectivity index (χ0v) is 12.0. The molecule has 7 heteroatoms. The number of methoxy groups -OCH3 is 1. The standard InChI is InChI=1S/C12H12ClNO4S/c1-8-11(7-19(13,15)16)14-18-12(8)9-3-5-10(17-2)6-4-9/h3-6H,7H2,1-2H3. The minimum absolute atomic E-state index is 0.320. The highest BCUT2D eigenvalue weighted by atomic mass is 35.7. The Balaban J connectivity index is 2.35. The summed E-state index contributed by atoms with van der Waals surface area (Å²) in [5, 5.41) is 3.75. The van der Waals surface area contributed by atoms with Gasteiger partial charge in [0.2, 0.25) is 9.05 Å². The average molecular weight is 302 g/mol. The first-order chi connectivity index (χ1) is 8.90. The third-order valence-electron chi connectivity index (χ3n) is 2.68.